The lowest BCUT2D eigenvalue weighted by molar-refractivity contribution is 0.453. The van der Waals surface area contributed by atoms with E-state index in [1.165, 1.54) is 18.5 Å². The van der Waals surface area contributed by atoms with Crippen LogP contribution < -0.4 is 5.32 Å². The van der Waals surface area contributed by atoms with E-state index in [-0.39, 0.29) is 5.54 Å². The van der Waals surface area contributed by atoms with Gasteiger partial charge in [0.05, 0.1) is 17.6 Å². The Bertz CT molecular complexity index is 297. The number of rotatable bonds is 3. The molecule has 1 aromatic rings. The fraction of sp³-hybridized carbons (Fsp3) is 0.700. The third kappa shape index (κ3) is 1.61. The molecule has 1 saturated carbocycles. The molecular weight excluding hydrogens is 162 g/mol. The number of nitrogens with one attached hydrogen (secondary N) is 1. The van der Waals surface area contributed by atoms with E-state index < -0.39 is 0 Å². The van der Waals surface area contributed by atoms with Crippen LogP contribution in [0.1, 0.15) is 32.4 Å². The fourth-order valence-corrected chi connectivity index (χ4v) is 1.81. The molecular formula is C10H17N3. The summed E-state index contributed by atoms with van der Waals surface area (Å²) in [4.78, 5) is 4.40. The molecule has 0 radical (unpaired) electrons. The van der Waals surface area contributed by atoms with Crippen molar-refractivity contribution < 1.29 is 0 Å². The molecule has 0 aliphatic heterocycles. The number of nitrogens with zero attached hydrogens (tertiary/aromatic N) is 2. The van der Waals surface area contributed by atoms with Crippen molar-refractivity contribution >= 4 is 0 Å². The van der Waals surface area contributed by atoms with Crippen LogP contribution in [-0.4, -0.2) is 15.6 Å². The second-order valence-corrected chi connectivity index (χ2v) is 4.31. The minimum atomic E-state index is 0.204. The largest absolute Gasteiger partial charge is 0.340 e. The molecule has 0 unspecified atom stereocenters. The predicted molar refractivity (Wildman–Crippen MR) is 52.4 cm³/mol. The lowest BCUT2D eigenvalue weighted by atomic mass is 10.1. The van der Waals surface area contributed by atoms with Gasteiger partial charge in [0.1, 0.15) is 0 Å². The van der Waals surface area contributed by atoms with Crippen LogP contribution in [0, 0.1) is 0 Å². The Hall–Kier alpha value is -0.830. The molecule has 3 heteroatoms. The Morgan fingerprint density at radius 2 is 2.23 bits per heavy atom. The van der Waals surface area contributed by atoms with Gasteiger partial charge in [0.25, 0.3) is 0 Å². The van der Waals surface area contributed by atoms with Gasteiger partial charge in [-0.05, 0) is 26.7 Å². The molecule has 2 rings (SSSR count). The summed E-state index contributed by atoms with van der Waals surface area (Å²) >= 11 is 0. The van der Waals surface area contributed by atoms with Crippen molar-refractivity contribution in [2.45, 2.75) is 38.3 Å². The Morgan fingerprint density at radius 1 is 1.54 bits per heavy atom. The summed E-state index contributed by atoms with van der Waals surface area (Å²) in [6.45, 7) is 4.37. The molecule has 1 aromatic heterocycles. The monoisotopic (exact) mass is 179 g/mol. The Morgan fingerprint density at radius 3 is 2.62 bits per heavy atom. The van der Waals surface area contributed by atoms with Gasteiger partial charge in [-0.25, -0.2) is 4.98 Å². The zero-order valence-electron chi connectivity index (χ0n) is 8.54. The van der Waals surface area contributed by atoms with Crippen LogP contribution in [-0.2, 0) is 12.6 Å². The van der Waals surface area contributed by atoms with Crippen molar-refractivity contribution in [1.29, 1.82) is 0 Å². The quantitative estimate of drug-likeness (QED) is 0.760. The van der Waals surface area contributed by atoms with Gasteiger partial charge in [-0.3, -0.25) is 0 Å². The van der Waals surface area contributed by atoms with Crippen molar-refractivity contribution in [3.63, 3.8) is 0 Å². The van der Waals surface area contributed by atoms with Gasteiger partial charge in [-0.1, -0.05) is 0 Å². The summed E-state index contributed by atoms with van der Waals surface area (Å²) in [7, 11) is 2.02. The lowest BCUT2D eigenvalue weighted by Gasteiger charge is -2.17. The molecule has 1 fully saturated rings. The van der Waals surface area contributed by atoms with Crippen molar-refractivity contribution in [1.82, 2.24) is 14.9 Å². The van der Waals surface area contributed by atoms with Gasteiger partial charge in [-0.15, -0.1) is 0 Å². The first-order chi connectivity index (χ1) is 6.12. The summed E-state index contributed by atoms with van der Waals surface area (Å²) in [5.74, 6) is 0. The first kappa shape index (κ1) is 8.75. The smallest absolute Gasteiger partial charge is 0.0947 e. The highest BCUT2D eigenvalue weighted by molar-refractivity contribution is 5.21. The van der Waals surface area contributed by atoms with E-state index in [1.54, 1.807) is 0 Å². The van der Waals surface area contributed by atoms with Gasteiger partial charge in [0.15, 0.2) is 0 Å². The van der Waals surface area contributed by atoms with E-state index in [4.69, 9.17) is 0 Å². The third-order valence-electron chi connectivity index (χ3n) is 2.51. The maximum absolute atomic E-state index is 4.40. The molecule has 0 saturated heterocycles. The maximum Gasteiger partial charge on any atom is 0.0947 e. The highest BCUT2D eigenvalue weighted by atomic mass is 15.1. The summed E-state index contributed by atoms with van der Waals surface area (Å²) in [6, 6.07) is 0.532. The van der Waals surface area contributed by atoms with Crippen molar-refractivity contribution in [2.24, 2.45) is 7.05 Å². The van der Waals surface area contributed by atoms with Crippen LogP contribution in [0.5, 0.6) is 0 Å². The van der Waals surface area contributed by atoms with Crippen LogP contribution in [0.2, 0.25) is 0 Å². The first-order valence-electron chi connectivity index (χ1n) is 4.88. The molecule has 72 valence electrons. The van der Waals surface area contributed by atoms with E-state index in [2.05, 4.69) is 30.3 Å². The SMILES string of the molecule is CC(C)NC1(c2cn(C)cn2)CC1. The van der Waals surface area contributed by atoms with Crippen LogP contribution >= 0.6 is 0 Å². The molecule has 1 aliphatic rings. The Balaban J connectivity index is 2.16. The molecule has 0 bridgehead atoms. The van der Waals surface area contributed by atoms with E-state index in [1.807, 2.05) is 17.9 Å². The molecule has 1 heterocycles. The van der Waals surface area contributed by atoms with Crippen molar-refractivity contribution in [2.75, 3.05) is 0 Å². The Labute approximate surface area is 79.2 Å². The molecule has 0 aromatic carbocycles. The highest BCUT2D eigenvalue weighted by Crippen LogP contribution is 2.44. The number of aromatic nitrogens is 2. The zero-order valence-corrected chi connectivity index (χ0v) is 8.54. The minimum Gasteiger partial charge on any atom is -0.340 e. The topological polar surface area (TPSA) is 29.9 Å². The standard InChI is InChI=1S/C10H17N3/c1-8(2)12-10(4-5-10)9-6-13(3)7-11-9/h6-8,12H,4-5H2,1-3H3. The molecule has 13 heavy (non-hydrogen) atoms. The summed E-state index contributed by atoms with van der Waals surface area (Å²) in [5, 5.41) is 3.58. The maximum atomic E-state index is 4.40. The van der Waals surface area contributed by atoms with Crippen LogP contribution in [0.25, 0.3) is 0 Å². The molecule has 1 aliphatic carbocycles. The van der Waals surface area contributed by atoms with Gasteiger partial charge in [-0.2, -0.15) is 0 Å². The molecule has 3 nitrogen and oxygen atoms in total. The first-order valence-corrected chi connectivity index (χ1v) is 4.88. The summed E-state index contributed by atoms with van der Waals surface area (Å²) in [5.41, 5.74) is 1.40. The minimum absolute atomic E-state index is 0.204. The zero-order chi connectivity index (χ0) is 9.47. The number of aryl methyl sites for hydroxylation is 1. The van der Waals surface area contributed by atoms with Crippen molar-refractivity contribution in [3.8, 4) is 0 Å². The molecule has 1 N–H and O–H groups in total. The lowest BCUT2D eigenvalue weighted by Crippen LogP contribution is -2.34. The summed E-state index contributed by atoms with van der Waals surface area (Å²) in [6.07, 6.45) is 6.43. The molecule has 0 amide bonds. The van der Waals surface area contributed by atoms with E-state index in [9.17, 15) is 0 Å². The highest BCUT2D eigenvalue weighted by Gasteiger charge is 2.46. The van der Waals surface area contributed by atoms with Crippen LogP contribution in [0.3, 0.4) is 0 Å². The average Bonchev–Trinajstić information content (AvgIpc) is 2.65. The van der Waals surface area contributed by atoms with E-state index in [0.29, 0.717) is 6.04 Å². The van der Waals surface area contributed by atoms with E-state index in [0.717, 1.165) is 0 Å². The van der Waals surface area contributed by atoms with Gasteiger partial charge in [0.2, 0.25) is 0 Å². The Kier molecular flexibility index (Phi) is 1.91. The third-order valence-corrected chi connectivity index (χ3v) is 2.51. The van der Waals surface area contributed by atoms with Gasteiger partial charge >= 0.3 is 0 Å². The fourth-order valence-electron chi connectivity index (χ4n) is 1.81. The normalized spacial score (nSPS) is 19.4. The molecule has 0 spiro atoms. The number of imidazole rings is 1. The van der Waals surface area contributed by atoms with Crippen LogP contribution in [0.15, 0.2) is 12.5 Å². The number of hydrogen-bond acceptors (Lipinski definition) is 2. The second-order valence-electron chi connectivity index (χ2n) is 4.31. The van der Waals surface area contributed by atoms with E-state index >= 15 is 0 Å². The predicted octanol–water partition coefficient (Wildman–Crippen LogP) is 1.41. The second kappa shape index (κ2) is 2.84. The van der Waals surface area contributed by atoms with Gasteiger partial charge < -0.3 is 9.88 Å². The number of hydrogen-bond donors (Lipinski definition) is 1. The van der Waals surface area contributed by atoms with Gasteiger partial charge in [0, 0.05) is 19.3 Å². The van der Waals surface area contributed by atoms with Crippen LogP contribution in [0.4, 0.5) is 0 Å². The average molecular weight is 179 g/mol. The summed E-state index contributed by atoms with van der Waals surface area (Å²) < 4.78 is 2.01. The van der Waals surface area contributed by atoms with Crippen molar-refractivity contribution in [3.05, 3.63) is 18.2 Å². The molecule has 0 atom stereocenters.